The molecule has 1 rings (SSSR count). The zero-order chi connectivity index (χ0) is 8.27. The molecule has 0 aliphatic carbocycles. The van der Waals surface area contributed by atoms with Crippen molar-refractivity contribution in [2.75, 3.05) is 0 Å². The molecule has 1 aromatic heterocycles. The highest BCUT2D eigenvalue weighted by Gasteiger charge is 2.00. The Morgan fingerprint density at radius 3 is 2.82 bits per heavy atom. The molecule has 60 valence electrons. The highest BCUT2D eigenvalue weighted by atomic mass is 79.9. The van der Waals surface area contributed by atoms with E-state index >= 15 is 0 Å². The second-order valence-electron chi connectivity index (χ2n) is 2.10. The standard InChI is InChI=1S/C7H7BrO2S/c8-6-3-1-5(11-6)2-4-7(9)10/h1,3H,2,4H2,(H,9,10). The SMILES string of the molecule is O=C(O)CCc1ccc(Br)s1. The Balaban J connectivity index is 2.45. The molecular weight excluding hydrogens is 228 g/mol. The molecule has 11 heavy (non-hydrogen) atoms. The Morgan fingerprint density at radius 1 is 1.64 bits per heavy atom. The van der Waals surface area contributed by atoms with Crippen LogP contribution in [0.4, 0.5) is 0 Å². The van der Waals surface area contributed by atoms with E-state index in [1.807, 2.05) is 12.1 Å². The molecule has 1 N–H and O–H groups in total. The minimum absolute atomic E-state index is 0.215. The van der Waals surface area contributed by atoms with Crippen LogP contribution in [0.2, 0.25) is 0 Å². The first-order valence-electron chi connectivity index (χ1n) is 3.14. The van der Waals surface area contributed by atoms with E-state index in [0.29, 0.717) is 6.42 Å². The minimum atomic E-state index is -0.741. The van der Waals surface area contributed by atoms with Crippen LogP contribution in [0.1, 0.15) is 11.3 Å². The van der Waals surface area contributed by atoms with E-state index < -0.39 is 5.97 Å². The number of carboxylic acids is 1. The maximum Gasteiger partial charge on any atom is 0.303 e. The van der Waals surface area contributed by atoms with Crippen LogP contribution in [0, 0.1) is 0 Å². The van der Waals surface area contributed by atoms with Gasteiger partial charge in [0.05, 0.1) is 10.2 Å². The molecule has 0 fully saturated rings. The molecule has 0 aromatic carbocycles. The van der Waals surface area contributed by atoms with Crippen molar-refractivity contribution in [2.45, 2.75) is 12.8 Å². The van der Waals surface area contributed by atoms with Crippen LogP contribution in [0.25, 0.3) is 0 Å². The van der Waals surface area contributed by atoms with Gasteiger partial charge in [0.2, 0.25) is 0 Å². The summed E-state index contributed by atoms with van der Waals surface area (Å²) in [5.74, 6) is -0.741. The molecule has 0 saturated heterocycles. The van der Waals surface area contributed by atoms with E-state index in [9.17, 15) is 4.79 Å². The van der Waals surface area contributed by atoms with Gasteiger partial charge in [-0.25, -0.2) is 0 Å². The van der Waals surface area contributed by atoms with Gasteiger partial charge in [0.1, 0.15) is 0 Å². The Bertz CT molecular complexity index is 257. The molecule has 2 nitrogen and oxygen atoms in total. The van der Waals surface area contributed by atoms with Crippen molar-refractivity contribution in [3.8, 4) is 0 Å². The zero-order valence-electron chi connectivity index (χ0n) is 5.71. The largest absolute Gasteiger partial charge is 0.481 e. The van der Waals surface area contributed by atoms with Gasteiger partial charge in [0.15, 0.2) is 0 Å². The summed E-state index contributed by atoms with van der Waals surface area (Å²) in [6.07, 6.45) is 0.846. The van der Waals surface area contributed by atoms with Gasteiger partial charge >= 0.3 is 5.97 Å². The van der Waals surface area contributed by atoms with Crippen molar-refractivity contribution in [1.82, 2.24) is 0 Å². The Labute approximate surface area is 77.0 Å². The van der Waals surface area contributed by atoms with Crippen molar-refractivity contribution < 1.29 is 9.90 Å². The second kappa shape index (κ2) is 3.88. The first-order chi connectivity index (χ1) is 5.18. The third-order valence-electron chi connectivity index (χ3n) is 1.21. The average molecular weight is 235 g/mol. The number of hydrogen-bond acceptors (Lipinski definition) is 2. The van der Waals surface area contributed by atoms with Crippen LogP contribution < -0.4 is 0 Å². The van der Waals surface area contributed by atoms with E-state index in [-0.39, 0.29) is 6.42 Å². The lowest BCUT2D eigenvalue weighted by Crippen LogP contribution is -1.95. The summed E-state index contributed by atoms with van der Waals surface area (Å²) in [5, 5.41) is 8.37. The molecular formula is C7H7BrO2S. The molecule has 1 heterocycles. The van der Waals surface area contributed by atoms with Gasteiger partial charge in [-0.1, -0.05) is 0 Å². The average Bonchev–Trinajstić information content (AvgIpc) is 2.31. The predicted molar refractivity (Wildman–Crippen MR) is 48.0 cm³/mol. The van der Waals surface area contributed by atoms with Crippen molar-refractivity contribution in [2.24, 2.45) is 0 Å². The Hall–Kier alpha value is -0.350. The summed E-state index contributed by atoms with van der Waals surface area (Å²) in [5.41, 5.74) is 0. The third-order valence-corrected chi connectivity index (χ3v) is 2.90. The molecule has 0 radical (unpaired) electrons. The van der Waals surface area contributed by atoms with E-state index in [4.69, 9.17) is 5.11 Å². The molecule has 0 aliphatic rings. The summed E-state index contributed by atoms with van der Waals surface area (Å²) < 4.78 is 1.05. The second-order valence-corrected chi connectivity index (χ2v) is 4.65. The number of aliphatic carboxylic acids is 1. The first-order valence-corrected chi connectivity index (χ1v) is 4.75. The van der Waals surface area contributed by atoms with Gasteiger partial charge < -0.3 is 5.11 Å². The molecule has 0 unspecified atom stereocenters. The number of hydrogen-bond donors (Lipinski definition) is 1. The molecule has 0 amide bonds. The fraction of sp³-hybridized carbons (Fsp3) is 0.286. The quantitative estimate of drug-likeness (QED) is 0.873. The first kappa shape index (κ1) is 8.74. The molecule has 0 aliphatic heterocycles. The summed E-state index contributed by atoms with van der Waals surface area (Å²) in [4.78, 5) is 11.3. The van der Waals surface area contributed by atoms with Gasteiger partial charge in [-0.15, -0.1) is 11.3 Å². The van der Waals surface area contributed by atoms with Crippen LogP contribution in [0.5, 0.6) is 0 Å². The monoisotopic (exact) mass is 234 g/mol. The number of halogens is 1. The van der Waals surface area contributed by atoms with Crippen LogP contribution in [0.3, 0.4) is 0 Å². The lowest BCUT2D eigenvalue weighted by atomic mass is 10.3. The van der Waals surface area contributed by atoms with Gasteiger partial charge in [-0.2, -0.15) is 0 Å². The summed E-state index contributed by atoms with van der Waals surface area (Å²) in [6, 6.07) is 3.87. The normalized spacial score (nSPS) is 9.91. The molecule has 4 heteroatoms. The zero-order valence-corrected chi connectivity index (χ0v) is 8.11. The molecule has 0 atom stereocenters. The van der Waals surface area contributed by atoms with Crippen LogP contribution in [-0.4, -0.2) is 11.1 Å². The Morgan fingerprint density at radius 2 is 2.36 bits per heavy atom. The van der Waals surface area contributed by atoms with E-state index in [0.717, 1.165) is 8.66 Å². The lowest BCUT2D eigenvalue weighted by molar-refractivity contribution is -0.136. The van der Waals surface area contributed by atoms with E-state index in [2.05, 4.69) is 15.9 Å². The minimum Gasteiger partial charge on any atom is -0.481 e. The van der Waals surface area contributed by atoms with Crippen LogP contribution >= 0.6 is 27.3 Å². The number of carboxylic acid groups (broad SMARTS) is 1. The van der Waals surface area contributed by atoms with Crippen LogP contribution in [0.15, 0.2) is 15.9 Å². The van der Waals surface area contributed by atoms with Crippen molar-refractivity contribution in [3.63, 3.8) is 0 Å². The summed E-state index contributed by atoms with van der Waals surface area (Å²) >= 11 is 4.89. The number of thiophene rings is 1. The summed E-state index contributed by atoms with van der Waals surface area (Å²) in [6.45, 7) is 0. The van der Waals surface area contributed by atoms with Gasteiger partial charge in [-0.05, 0) is 34.5 Å². The highest BCUT2D eigenvalue weighted by Crippen LogP contribution is 2.22. The molecule has 0 saturated carbocycles. The number of aryl methyl sites for hydroxylation is 1. The maximum absolute atomic E-state index is 10.2. The molecule has 0 spiro atoms. The number of carbonyl (C=O) groups is 1. The van der Waals surface area contributed by atoms with Crippen LogP contribution in [-0.2, 0) is 11.2 Å². The highest BCUT2D eigenvalue weighted by molar-refractivity contribution is 9.11. The van der Waals surface area contributed by atoms with E-state index in [1.165, 1.54) is 0 Å². The van der Waals surface area contributed by atoms with Crippen molar-refractivity contribution in [1.29, 1.82) is 0 Å². The fourth-order valence-corrected chi connectivity index (χ4v) is 2.20. The number of rotatable bonds is 3. The molecule has 0 bridgehead atoms. The predicted octanol–water partition coefficient (Wildman–Crippen LogP) is 2.53. The van der Waals surface area contributed by atoms with Crippen molar-refractivity contribution >= 4 is 33.2 Å². The smallest absolute Gasteiger partial charge is 0.303 e. The topological polar surface area (TPSA) is 37.3 Å². The third kappa shape index (κ3) is 3.03. The van der Waals surface area contributed by atoms with E-state index in [1.54, 1.807) is 11.3 Å². The molecule has 1 aromatic rings. The summed E-state index contributed by atoms with van der Waals surface area (Å²) in [7, 11) is 0. The lowest BCUT2D eigenvalue weighted by Gasteiger charge is -1.89. The fourth-order valence-electron chi connectivity index (χ4n) is 0.716. The van der Waals surface area contributed by atoms with Gasteiger partial charge in [0.25, 0.3) is 0 Å². The van der Waals surface area contributed by atoms with Gasteiger partial charge in [0, 0.05) is 4.88 Å². The van der Waals surface area contributed by atoms with Crippen molar-refractivity contribution in [3.05, 3.63) is 20.8 Å². The Kier molecular flexibility index (Phi) is 3.08. The van der Waals surface area contributed by atoms with Gasteiger partial charge in [-0.3, -0.25) is 4.79 Å². The maximum atomic E-state index is 10.2.